The van der Waals surface area contributed by atoms with Crippen LogP contribution in [-0.4, -0.2) is 47.4 Å². The minimum atomic E-state index is -0.127. The van der Waals surface area contributed by atoms with E-state index in [4.69, 9.17) is 4.74 Å². The van der Waals surface area contributed by atoms with Gasteiger partial charge in [-0.1, -0.05) is 0 Å². The van der Waals surface area contributed by atoms with E-state index in [9.17, 15) is 5.11 Å². The molecule has 1 aromatic heterocycles. The van der Waals surface area contributed by atoms with Gasteiger partial charge in [0.2, 0.25) is 0 Å². The van der Waals surface area contributed by atoms with Gasteiger partial charge in [0.1, 0.15) is 5.01 Å². The van der Waals surface area contributed by atoms with Gasteiger partial charge in [-0.05, 0) is 26.8 Å². The van der Waals surface area contributed by atoms with Crippen LogP contribution < -0.4 is 0 Å². The molecule has 1 aliphatic heterocycles. The number of aromatic nitrogens is 1. The van der Waals surface area contributed by atoms with Crippen LogP contribution in [0.15, 0.2) is 5.38 Å². The highest BCUT2D eigenvalue weighted by atomic mass is 32.1. The molecular formula is C12H20N2O2S. The molecule has 1 N–H and O–H groups in total. The third-order valence-corrected chi connectivity index (χ3v) is 4.52. The maximum absolute atomic E-state index is 9.68. The largest absolute Gasteiger partial charge is 0.394 e. The highest BCUT2D eigenvalue weighted by Crippen LogP contribution is 2.28. The van der Waals surface area contributed by atoms with Crippen LogP contribution in [0, 0.1) is 6.92 Å². The molecule has 0 saturated carbocycles. The number of thiazole rings is 1. The van der Waals surface area contributed by atoms with Crippen LogP contribution in [0.2, 0.25) is 0 Å². The fraction of sp³-hybridized carbons (Fsp3) is 0.750. The van der Waals surface area contributed by atoms with Crippen molar-refractivity contribution in [3.8, 4) is 0 Å². The number of hydrogen-bond acceptors (Lipinski definition) is 5. The van der Waals surface area contributed by atoms with Gasteiger partial charge in [-0.25, -0.2) is 4.98 Å². The minimum Gasteiger partial charge on any atom is -0.394 e. The molecule has 0 spiro atoms. The van der Waals surface area contributed by atoms with E-state index >= 15 is 0 Å². The Morgan fingerprint density at radius 3 is 2.76 bits per heavy atom. The van der Waals surface area contributed by atoms with E-state index in [1.165, 1.54) is 0 Å². The van der Waals surface area contributed by atoms with Crippen molar-refractivity contribution in [2.45, 2.75) is 31.8 Å². The Kier molecular flexibility index (Phi) is 4.14. The highest BCUT2D eigenvalue weighted by molar-refractivity contribution is 7.09. The van der Waals surface area contributed by atoms with Gasteiger partial charge in [0.15, 0.2) is 0 Å². The molecule has 1 saturated heterocycles. The van der Waals surface area contributed by atoms with Crippen molar-refractivity contribution in [3.05, 3.63) is 16.1 Å². The van der Waals surface area contributed by atoms with Crippen molar-refractivity contribution >= 4 is 11.3 Å². The van der Waals surface area contributed by atoms with Gasteiger partial charge >= 0.3 is 0 Å². The van der Waals surface area contributed by atoms with Crippen molar-refractivity contribution in [2.24, 2.45) is 0 Å². The first kappa shape index (κ1) is 13.0. The fourth-order valence-corrected chi connectivity index (χ4v) is 3.08. The molecule has 0 aromatic carbocycles. The molecule has 0 unspecified atom stereocenters. The van der Waals surface area contributed by atoms with E-state index in [0.29, 0.717) is 0 Å². The van der Waals surface area contributed by atoms with E-state index in [0.717, 1.165) is 43.3 Å². The van der Waals surface area contributed by atoms with E-state index in [1.807, 2.05) is 6.92 Å². The highest BCUT2D eigenvalue weighted by Gasteiger charge is 2.36. The van der Waals surface area contributed by atoms with Gasteiger partial charge in [-0.3, -0.25) is 4.90 Å². The van der Waals surface area contributed by atoms with Crippen LogP contribution in [0.25, 0.3) is 0 Å². The van der Waals surface area contributed by atoms with Crippen LogP contribution in [0.5, 0.6) is 0 Å². The van der Waals surface area contributed by atoms with Crippen LogP contribution in [-0.2, 0) is 11.3 Å². The van der Waals surface area contributed by atoms with Crippen LogP contribution >= 0.6 is 11.3 Å². The lowest BCUT2D eigenvalue weighted by atomic mass is 9.89. The maximum atomic E-state index is 9.68. The molecule has 1 aromatic rings. The van der Waals surface area contributed by atoms with Crippen molar-refractivity contribution in [3.63, 3.8) is 0 Å². The SMILES string of the molecule is Cc1csc(CN(C)C2(CO)CCOCC2)n1. The Morgan fingerprint density at radius 1 is 1.53 bits per heavy atom. The average Bonchev–Trinajstić information content (AvgIpc) is 2.75. The summed E-state index contributed by atoms with van der Waals surface area (Å²) < 4.78 is 5.38. The van der Waals surface area contributed by atoms with E-state index in [1.54, 1.807) is 11.3 Å². The van der Waals surface area contributed by atoms with Crippen molar-refractivity contribution in [1.82, 2.24) is 9.88 Å². The van der Waals surface area contributed by atoms with Crippen LogP contribution in [0.1, 0.15) is 23.5 Å². The zero-order valence-corrected chi connectivity index (χ0v) is 11.3. The summed E-state index contributed by atoms with van der Waals surface area (Å²) in [6.07, 6.45) is 1.79. The average molecular weight is 256 g/mol. The molecule has 1 aliphatic rings. The first-order valence-corrected chi connectivity index (χ1v) is 6.85. The molecule has 4 nitrogen and oxygen atoms in total. The Balaban J connectivity index is 2.04. The zero-order valence-electron chi connectivity index (χ0n) is 10.5. The lowest BCUT2D eigenvalue weighted by molar-refractivity contribution is -0.0493. The van der Waals surface area contributed by atoms with Gasteiger partial charge in [-0.2, -0.15) is 0 Å². The third kappa shape index (κ3) is 2.85. The summed E-state index contributed by atoms with van der Waals surface area (Å²) in [7, 11) is 2.07. The Labute approximate surface area is 106 Å². The lowest BCUT2D eigenvalue weighted by Crippen LogP contribution is -2.52. The van der Waals surface area contributed by atoms with Gasteiger partial charge in [0.25, 0.3) is 0 Å². The molecule has 0 bridgehead atoms. The molecule has 0 radical (unpaired) electrons. The van der Waals surface area contributed by atoms with Gasteiger partial charge in [0, 0.05) is 29.8 Å². The van der Waals surface area contributed by atoms with Crippen molar-refractivity contribution in [2.75, 3.05) is 26.9 Å². The second-order valence-electron chi connectivity index (χ2n) is 4.73. The Bertz CT molecular complexity index is 361. The predicted molar refractivity (Wildman–Crippen MR) is 68.2 cm³/mol. The molecule has 96 valence electrons. The first-order chi connectivity index (χ1) is 8.16. The van der Waals surface area contributed by atoms with Crippen LogP contribution in [0.3, 0.4) is 0 Å². The summed E-state index contributed by atoms with van der Waals surface area (Å²) in [4.78, 5) is 6.70. The normalized spacial score (nSPS) is 19.8. The Morgan fingerprint density at radius 2 is 2.24 bits per heavy atom. The third-order valence-electron chi connectivity index (χ3n) is 3.57. The van der Waals surface area contributed by atoms with E-state index in [-0.39, 0.29) is 12.1 Å². The molecule has 0 amide bonds. The number of ether oxygens (including phenoxy) is 1. The number of rotatable bonds is 4. The maximum Gasteiger partial charge on any atom is 0.107 e. The molecule has 1 fully saturated rings. The topological polar surface area (TPSA) is 45.6 Å². The summed E-state index contributed by atoms with van der Waals surface area (Å²) in [5.74, 6) is 0. The summed E-state index contributed by atoms with van der Waals surface area (Å²) >= 11 is 1.69. The van der Waals surface area contributed by atoms with Gasteiger partial charge < -0.3 is 9.84 Å². The summed E-state index contributed by atoms with van der Waals surface area (Å²) in [5, 5.41) is 12.9. The van der Waals surface area contributed by atoms with Crippen LogP contribution in [0.4, 0.5) is 0 Å². The summed E-state index contributed by atoms with van der Waals surface area (Å²) in [6, 6.07) is 0. The zero-order chi connectivity index (χ0) is 12.3. The monoisotopic (exact) mass is 256 g/mol. The van der Waals surface area contributed by atoms with E-state index in [2.05, 4.69) is 22.3 Å². The number of hydrogen-bond donors (Lipinski definition) is 1. The standard InChI is InChI=1S/C12H20N2O2S/c1-10-8-17-11(13-10)7-14(2)12(9-15)3-5-16-6-4-12/h8,15H,3-7,9H2,1-2H3. The molecule has 5 heteroatoms. The molecule has 2 heterocycles. The first-order valence-electron chi connectivity index (χ1n) is 5.97. The molecule has 0 atom stereocenters. The number of nitrogens with zero attached hydrogens (tertiary/aromatic N) is 2. The van der Waals surface area contributed by atoms with Crippen molar-refractivity contribution in [1.29, 1.82) is 0 Å². The molecule has 17 heavy (non-hydrogen) atoms. The van der Waals surface area contributed by atoms with Crippen molar-refractivity contribution < 1.29 is 9.84 Å². The fourth-order valence-electron chi connectivity index (χ4n) is 2.26. The number of likely N-dealkylation sites (N-methyl/N-ethyl adjacent to an activating group) is 1. The Hall–Kier alpha value is -0.490. The lowest BCUT2D eigenvalue weighted by Gasteiger charge is -2.42. The molecule has 0 aliphatic carbocycles. The smallest absolute Gasteiger partial charge is 0.107 e. The second-order valence-corrected chi connectivity index (χ2v) is 5.68. The summed E-state index contributed by atoms with van der Waals surface area (Å²) in [5.41, 5.74) is 0.945. The summed E-state index contributed by atoms with van der Waals surface area (Å²) in [6.45, 7) is 4.48. The quantitative estimate of drug-likeness (QED) is 0.885. The number of aliphatic hydroxyl groups excluding tert-OH is 1. The molecular weight excluding hydrogens is 236 g/mol. The number of aliphatic hydroxyl groups is 1. The number of aryl methyl sites for hydroxylation is 1. The predicted octanol–water partition coefficient (Wildman–Crippen LogP) is 1.42. The minimum absolute atomic E-state index is 0.127. The second kappa shape index (κ2) is 5.44. The van der Waals surface area contributed by atoms with E-state index < -0.39 is 0 Å². The van der Waals surface area contributed by atoms with Gasteiger partial charge in [-0.15, -0.1) is 11.3 Å². The van der Waals surface area contributed by atoms with Gasteiger partial charge in [0.05, 0.1) is 13.2 Å². The molecule has 2 rings (SSSR count).